The molecular weight excluding hydrogens is 328 g/mol. The Morgan fingerprint density at radius 2 is 1.62 bits per heavy atom. The topological polar surface area (TPSA) is 58.6 Å². The zero-order valence-electron chi connectivity index (χ0n) is 13.9. The number of rotatable bonds is 3. The molecule has 0 aromatic heterocycles. The largest absolute Gasteiger partial charge is 0.457 e. The van der Waals surface area contributed by atoms with Crippen molar-refractivity contribution in [3.8, 4) is 11.5 Å². The molecule has 4 rings (SSSR count). The van der Waals surface area contributed by atoms with Crippen LogP contribution in [0.25, 0.3) is 0 Å². The van der Waals surface area contributed by atoms with E-state index in [9.17, 15) is 9.59 Å². The van der Waals surface area contributed by atoms with E-state index in [1.165, 1.54) is 4.90 Å². The van der Waals surface area contributed by atoms with Crippen LogP contribution in [0.4, 0.5) is 11.4 Å². The second kappa shape index (κ2) is 6.72. The van der Waals surface area contributed by atoms with Crippen LogP contribution >= 0.6 is 0 Å². The fraction of sp³-hybridized carbons (Fsp3) is 0.0476. The molecule has 0 saturated carbocycles. The second-order valence-corrected chi connectivity index (χ2v) is 5.90. The standard InChI is InChI=1S/C21H16N2O3/c24-20-14-23(19-12-5-4-11-18(19)22-20)21(25)15-7-6-10-17(13-15)26-16-8-2-1-3-9-16/h1-13H,14H2,(H,22,24). The minimum Gasteiger partial charge on any atom is -0.457 e. The highest BCUT2D eigenvalue weighted by molar-refractivity contribution is 6.15. The number of amides is 2. The maximum absolute atomic E-state index is 13.0. The number of fused-ring (bicyclic) bond motifs is 1. The van der Waals surface area contributed by atoms with Crippen molar-refractivity contribution >= 4 is 23.2 Å². The van der Waals surface area contributed by atoms with Gasteiger partial charge in [-0.15, -0.1) is 0 Å². The highest BCUT2D eigenvalue weighted by Gasteiger charge is 2.27. The molecule has 3 aromatic carbocycles. The van der Waals surface area contributed by atoms with Gasteiger partial charge in [0, 0.05) is 5.56 Å². The molecular formula is C21H16N2O3. The Labute approximate surface area is 150 Å². The minimum absolute atomic E-state index is 0.0143. The molecule has 128 valence electrons. The highest BCUT2D eigenvalue weighted by atomic mass is 16.5. The molecule has 5 nitrogen and oxygen atoms in total. The van der Waals surface area contributed by atoms with Gasteiger partial charge in [0.25, 0.3) is 5.91 Å². The lowest BCUT2D eigenvalue weighted by molar-refractivity contribution is -0.115. The van der Waals surface area contributed by atoms with Gasteiger partial charge in [-0.2, -0.15) is 0 Å². The first-order valence-corrected chi connectivity index (χ1v) is 8.24. The van der Waals surface area contributed by atoms with Crippen LogP contribution in [-0.4, -0.2) is 18.4 Å². The van der Waals surface area contributed by atoms with Crippen LogP contribution in [0.5, 0.6) is 11.5 Å². The fourth-order valence-electron chi connectivity index (χ4n) is 2.89. The quantitative estimate of drug-likeness (QED) is 0.779. The molecule has 5 heteroatoms. The smallest absolute Gasteiger partial charge is 0.258 e. The lowest BCUT2D eigenvalue weighted by Gasteiger charge is -2.29. The van der Waals surface area contributed by atoms with Crippen LogP contribution in [0.15, 0.2) is 78.9 Å². The van der Waals surface area contributed by atoms with E-state index in [1.54, 1.807) is 30.3 Å². The Bertz CT molecular complexity index is 970. The Hall–Kier alpha value is -3.60. The van der Waals surface area contributed by atoms with E-state index in [1.807, 2.05) is 48.5 Å². The van der Waals surface area contributed by atoms with Gasteiger partial charge in [-0.05, 0) is 42.5 Å². The molecule has 1 aliphatic heterocycles. The maximum atomic E-state index is 13.0. The summed E-state index contributed by atoms with van der Waals surface area (Å²) in [6, 6.07) is 23.6. The van der Waals surface area contributed by atoms with Crippen LogP contribution in [-0.2, 0) is 4.79 Å². The van der Waals surface area contributed by atoms with Crippen molar-refractivity contribution < 1.29 is 14.3 Å². The molecule has 0 spiro atoms. The summed E-state index contributed by atoms with van der Waals surface area (Å²) in [6.45, 7) is -0.0143. The summed E-state index contributed by atoms with van der Waals surface area (Å²) in [7, 11) is 0. The maximum Gasteiger partial charge on any atom is 0.258 e. The Morgan fingerprint density at radius 1 is 0.885 bits per heavy atom. The van der Waals surface area contributed by atoms with Crippen LogP contribution in [0.1, 0.15) is 10.4 Å². The number of hydrogen-bond acceptors (Lipinski definition) is 3. The summed E-state index contributed by atoms with van der Waals surface area (Å²) in [5.74, 6) is 0.802. The summed E-state index contributed by atoms with van der Waals surface area (Å²) >= 11 is 0. The van der Waals surface area contributed by atoms with Gasteiger partial charge in [-0.1, -0.05) is 36.4 Å². The molecule has 0 radical (unpaired) electrons. The van der Waals surface area contributed by atoms with Crippen molar-refractivity contribution in [1.82, 2.24) is 0 Å². The van der Waals surface area contributed by atoms with Crippen LogP contribution < -0.4 is 15.0 Å². The average molecular weight is 344 g/mol. The number of carbonyl (C=O) groups is 2. The predicted molar refractivity (Wildman–Crippen MR) is 99.7 cm³/mol. The van der Waals surface area contributed by atoms with Gasteiger partial charge in [-0.3, -0.25) is 14.5 Å². The first-order valence-electron chi connectivity index (χ1n) is 8.24. The molecule has 1 aliphatic rings. The number of nitrogens with zero attached hydrogens (tertiary/aromatic N) is 1. The number of ether oxygens (including phenoxy) is 1. The van der Waals surface area contributed by atoms with Gasteiger partial charge in [0.2, 0.25) is 5.91 Å². The van der Waals surface area contributed by atoms with Gasteiger partial charge < -0.3 is 10.1 Å². The first-order chi connectivity index (χ1) is 12.7. The molecule has 1 heterocycles. The zero-order chi connectivity index (χ0) is 17.9. The summed E-state index contributed by atoms with van der Waals surface area (Å²) in [5.41, 5.74) is 1.78. The molecule has 1 N–H and O–H groups in total. The lowest BCUT2D eigenvalue weighted by Crippen LogP contribution is -2.42. The molecule has 0 aliphatic carbocycles. The van der Waals surface area contributed by atoms with Crippen LogP contribution in [0.2, 0.25) is 0 Å². The molecule has 0 bridgehead atoms. The van der Waals surface area contributed by atoms with Crippen molar-refractivity contribution in [3.05, 3.63) is 84.4 Å². The van der Waals surface area contributed by atoms with Crippen molar-refractivity contribution in [2.45, 2.75) is 0 Å². The lowest BCUT2D eigenvalue weighted by atomic mass is 10.1. The van der Waals surface area contributed by atoms with Gasteiger partial charge in [0.15, 0.2) is 0 Å². The summed E-state index contributed by atoms with van der Waals surface area (Å²) in [5, 5.41) is 2.78. The molecule has 0 atom stereocenters. The molecule has 0 fully saturated rings. The number of carbonyl (C=O) groups excluding carboxylic acids is 2. The third-order valence-corrected chi connectivity index (χ3v) is 4.08. The van der Waals surface area contributed by atoms with E-state index in [0.29, 0.717) is 28.4 Å². The van der Waals surface area contributed by atoms with Crippen molar-refractivity contribution in [1.29, 1.82) is 0 Å². The molecule has 26 heavy (non-hydrogen) atoms. The molecule has 0 unspecified atom stereocenters. The SMILES string of the molecule is O=C1CN(C(=O)c2cccc(Oc3ccccc3)c2)c2ccccc2N1. The number of para-hydroxylation sites is 3. The number of anilines is 2. The monoisotopic (exact) mass is 344 g/mol. The van der Waals surface area contributed by atoms with Crippen molar-refractivity contribution in [2.75, 3.05) is 16.8 Å². The molecule has 2 amide bonds. The minimum atomic E-state index is -0.245. The van der Waals surface area contributed by atoms with Gasteiger partial charge in [-0.25, -0.2) is 0 Å². The van der Waals surface area contributed by atoms with E-state index < -0.39 is 0 Å². The van der Waals surface area contributed by atoms with Gasteiger partial charge >= 0.3 is 0 Å². The third kappa shape index (κ3) is 3.15. The summed E-state index contributed by atoms with van der Waals surface area (Å²) < 4.78 is 5.80. The molecule has 3 aromatic rings. The fourth-order valence-corrected chi connectivity index (χ4v) is 2.89. The molecule has 0 saturated heterocycles. The van der Waals surface area contributed by atoms with Gasteiger partial charge in [0.05, 0.1) is 11.4 Å². The van der Waals surface area contributed by atoms with Crippen LogP contribution in [0.3, 0.4) is 0 Å². The average Bonchev–Trinajstić information content (AvgIpc) is 2.68. The number of benzene rings is 3. The normalized spacial score (nSPS) is 12.9. The van der Waals surface area contributed by atoms with Crippen LogP contribution in [0, 0.1) is 0 Å². The predicted octanol–water partition coefficient (Wildman–Crippen LogP) is 4.08. The zero-order valence-corrected chi connectivity index (χ0v) is 13.9. The Morgan fingerprint density at radius 3 is 2.46 bits per heavy atom. The van der Waals surface area contributed by atoms with E-state index >= 15 is 0 Å². The number of hydrogen-bond donors (Lipinski definition) is 1. The van der Waals surface area contributed by atoms with E-state index in [4.69, 9.17) is 4.74 Å². The van der Waals surface area contributed by atoms with E-state index in [2.05, 4.69) is 5.32 Å². The van der Waals surface area contributed by atoms with E-state index in [0.717, 1.165) is 0 Å². The summed E-state index contributed by atoms with van der Waals surface area (Å²) in [6.07, 6.45) is 0. The highest BCUT2D eigenvalue weighted by Crippen LogP contribution is 2.31. The Kier molecular flexibility index (Phi) is 4.11. The third-order valence-electron chi connectivity index (χ3n) is 4.08. The van der Waals surface area contributed by atoms with E-state index in [-0.39, 0.29) is 18.4 Å². The van der Waals surface area contributed by atoms with Crippen molar-refractivity contribution in [3.63, 3.8) is 0 Å². The van der Waals surface area contributed by atoms with Gasteiger partial charge in [0.1, 0.15) is 18.0 Å². The number of nitrogens with one attached hydrogen (secondary N) is 1. The Balaban J connectivity index is 1.63. The first kappa shape index (κ1) is 15.9. The summed E-state index contributed by atoms with van der Waals surface area (Å²) in [4.78, 5) is 26.4. The second-order valence-electron chi connectivity index (χ2n) is 5.90. The van der Waals surface area contributed by atoms with Crippen molar-refractivity contribution in [2.24, 2.45) is 0 Å².